The summed E-state index contributed by atoms with van der Waals surface area (Å²) in [4.78, 5) is 26.4. The topological polar surface area (TPSA) is 130 Å². The molecule has 1 amide bonds. The molecule has 5 aromatic rings. The summed E-state index contributed by atoms with van der Waals surface area (Å²) in [5.74, 6) is -1.42. The predicted molar refractivity (Wildman–Crippen MR) is 161 cm³/mol. The van der Waals surface area contributed by atoms with E-state index in [1.54, 1.807) is 68.1 Å². The Labute approximate surface area is 246 Å². The number of benzene rings is 2. The lowest BCUT2D eigenvalue weighted by Crippen LogP contribution is -2.45. The van der Waals surface area contributed by atoms with E-state index in [1.165, 1.54) is 30.3 Å². The van der Waals surface area contributed by atoms with Crippen molar-refractivity contribution in [1.82, 2.24) is 19.5 Å². The molecule has 0 unspecified atom stereocenters. The fourth-order valence-electron chi connectivity index (χ4n) is 4.61. The monoisotopic (exact) mass is 606 g/mol. The molecule has 0 aliphatic carbocycles. The average molecular weight is 607 g/mol. The molecule has 2 aromatic carbocycles. The summed E-state index contributed by atoms with van der Waals surface area (Å²) in [6.45, 7) is 6.82. The number of imidazole rings is 1. The highest BCUT2D eigenvalue weighted by molar-refractivity contribution is 7.92. The molecule has 2 N–H and O–H groups in total. The predicted octanol–water partition coefficient (Wildman–Crippen LogP) is 6.47. The van der Waals surface area contributed by atoms with Gasteiger partial charge in [-0.15, -0.1) is 0 Å². The second kappa shape index (κ2) is 11.1. The van der Waals surface area contributed by atoms with Crippen LogP contribution in [0.3, 0.4) is 0 Å². The van der Waals surface area contributed by atoms with Gasteiger partial charge in [0.2, 0.25) is 10.0 Å². The minimum absolute atomic E-state index is 0.0868. The third-order valence-corrected chi connectivity index (χ3v) is 7.96. The zero-order chi connectivity index (χ0) is 31.1. The van der Waals surface area contributed by atoms with Gasteiger partial charge in [-0.3, -0.25) is 14.2 Å². The third-order valence-electron chi connectivity index (χ3n) is 6.65. The quantitative estimate of drug-likeness (QED) is 0.217. The Bertz CT molecular complexity index is 1950. The van der Waals surface area contributed by atoms with Crippen LogP contribution in [0.15, 0.2) is 73.3 Å². The Morgan fingerprint density at radius 2 is 1.70 bits per heavy atom. The normalized spacial score (nSPS) is 12.0. The molecule has 0 fully saturated rings. The van der Waals surface area contributed by atoms with Gasteiger partial charge >= 0.3 is 6.09 Å². The van der Waals surface area contributed by atoms with Gasteiger partial charge < -0.3 is 5.11 Å². The lowest BCUT2D eigenvalue weighted by Gasteiger charge is -2.32. The van der Waals surface area contributed by atoms with Crippen LogP contribution in [0.2, 0.25) is 0 Å². The number of nitrogens with one attached hydrogen (secondary N) is 1. The van der Waals surface area contributed by atoms with Crippen LogP contribution >= 0.6 is 0 Å². The van der Waals surface area contributed by atoms with Gasteiger partial charge in [0.1, 0.15) is 29.3 Å². The molecule has 0 aliphatic heterocycles. The van der Waals surface area contributed by atoms with Crippen molar-refractivity contribution >= 4 is 38.8 Å². The third kappa shape index (κ3) is 6.16. The van der Waals surface area contributed by atoms with Gasteiger partial charge in [-0.25, -0.2) is 36.9 Å². The molecule has 0 spiro atoms. The lowest BCUT2D eigenvalue weighted by atomic mass is 10.0. The first-order valence-corrected chi connectivity index (χ1v) is 14.8. The van der Waals surface area contributed by atoms with Crippen LogP contribution in [0, 0.1) is 11.6 Å². The van der Waals surface area contributed by atoms with E-state index in [0.29, 0.717) is 33.5 Å². The number of aromatic nitrogens is 4. The van der Waals surface area contributed by atoms with Gasteiger partial charge in [0.05, 0.1) is 17.1 Å². The molecule has 0 saturated carbocycles. The van der Waals surface area contributed by atoms with Gasteiger partial charge in [0, 0.05) is 40.7 Å². The highest BCUT2D eigenvalue weighted by Gasteiger charge is 2.28. The van der Waals surface area contributed by atoms with Crippen molar-refractivity contribution in [1.29, 1.82) is 0 Å². The number of hydrogen-bond acceptors (Lipinski definition) is 6. The molecule has 0 aliphatic rings. The van der Waals surface area contributed by atoms with E-state index in [4.69, 9.17) is 0 Å². The minimum Gasteiger partial charge on any atom is -0.465 e. The molecule has 43 heavy (non-hydrogen) atoms. The van der Waals surface area contributed by atoms with Crippen LogP contribution in [-0.4, -0.2) is 50.4 Å². The number of sulfonamides is 1. The zero-order valence-electron chi connectivity index (χ0n) is 23.7. The number of rotatable bonds is 7. The van der Waals surface area contributed by atoms with E-state index < -0.39 is 33.3 Å². The number of pyridine rings is 2. The van der Waals surface area contributed by atoms with E-state index in [9.17, 15) is 27.1 Å². The number of nitrogens with zero attached hydrogens (tertiary/aromatic N) is 5. The second-order valence-corrected chi connectivity index (χ2v) is 12.8. The minimum atomic E-state index is -3.66. The van der Waals surface area contributed by atoms with Gasteiger partial charge in [-0.1, -0.05) is 0 Å². The fraction of sp³-hybridized carbons (Fsp3) is 0.200. The maximum absolute atomic E-state index is 14.7. The first kappa shape index (κ1) is 29.6. The van der Waals surface area contributed by atoms with E-state index >= 15 is 0 Å². The van der Waals surface area contributed by atoms with Gasteiger partial charge in [-0.2, -0.15) is 0 Å². The van der Waals surface area contributed by atoms with Crippen molar-refractivity contribution in [2.24, 2.45) is 0 Å². The highest BCUT2D eigenvalue weighted by atomic mass is 32.2. The number of carboxylic acid groups (broad SMARTS) is 1. The van der Waals surface area contributed by atoms with E-state index in [2.05, 4.69) is 19.7 Å². The van der Waals surface area contributed by atoms with E-state index in [-0.39, 0.29) is 22.8 Å². The van der Waals surface area contributed by atoms with Gasteiger partial charge in [-0.05, 0) is 81.8 Å². The standard InChI is InChI=1S/C30H28F2N6O4S/c1-5-43(41,42)36-22-10-19(24-8-7-21(31)13-25(24)32)11-23(14-22)37-17-35-26-12-20(16-34-28(26)37)18-6-9-27(33-15-18)38(29(39)40)30(2,3)4/h6-17,36H,5H2,1-4H3,(H,39,40). The van der Waals surface area contributed by atoms with E-state index in [1.807, 2.05) is 0 Å². The largest absolute Gasteiger partial charge is 0.465 e. The summed E-state index contributed by atoms with van der Waals surface area (Å²) in [6, 6.07) is 13.0. The summed E-state index contributed by atoms with van der Waals surface area (Å²) in [5, 5.41) is 9.65. The summed E-state index contributed by atoms with van der Waals surface area (Å²) >= 11 is 0. The molecular formula is C30H28F2N6O4S. The van der Waals surface area contributed by atoms with Gasteiger partial charge in [0.15, 0.2) is 5.65 Å². The van der Waals surface area contributed by atoms with Crippen molar-refractivity contribution in [2.75, 3.05) is 15.4 Å². The highest BCUT2D eigenvalue weighted by Crippen LogP contribution is 2.32. The SMILES string of the molecule is CCS(=O)(=O)Nc1cc(-c2ccc(F)cc2F)cc(-n2cnc3cc(-c4ccc(N(C(=O)O)C(C)(C)C)nc4)cnc32)c1. The fourth-order valence-corrected chi connectivity index (χ4v) is 5.23. The van der Waals surface area contributed by atoms with Crippen LogP contribution < -0.4 is 9.62 Å². The van der Waals surface area contributed by atoms with Crippen LogP contribution in [0.4, 0.5) is 25.1 Å². The number of carbonyl (C=O) groups is 1. The summed E-state index contributed by atoms with van der Waals surface area (Å²) in [7, 11) is -3.66. The maximum atomic E-state index is 14.7. The van der Waals surface area contributed by atoms with Crippen molar-refractivity contribution in [3.63, 3.8) is 0 Å². The van der Waals surface area contributed by atoms with Crippen LogP contribution in [0.25, 0.3) is 39.1 Å². The molecule has 0 bridgehead atoms. The number of amides is 1. The van der Waals surface area contributed by atoms with Gasteiger partial charge in [0.25, 0.3) is 0 Å². The average Bonchev–Trinajstić information content (AvgIpc) is 3.35. The Kier molecular flexibility index (Phi) is 7.61. The molecule has 222 valence electrons. The molecule has 0 atom stereocenters. The number of hydrogen-bond donors (Lipinski definition) is 2. The van der Waals surface area contributed by atoms with Crippen molar-refractivity contribution in [3.8, 4) is 27.9 Å². The molecule has 13 heteroatoms. The number of anilines is 2. The van der Waals surface area contributed by atoms with Crippen molar-refractivity contribution < 1.29 is 27.1 Å². The van der Waals surface area contributed by atoms with Crippen molar-refractivity contribution in [3.05, 3.63) is 85.0 Å². The smallest absolute Gasteiger partial charge is 0.413 e. The molecule has 10 nitrogen and oxygen atoms in total. The molecule has 0 radical (unpaired) electrons. The molecule has 3 aromatic heterocycles. The Morgan fingerprint density at radius 1 is 0.953 bits per heavy atom. The van der Waals surface area contributed by atoms with Crippen LogP contribution in [0.5, 0.6) is 0 Å². The second-order valence-electron chi connectivity index (χ2n) is 10.8. The van der Waals surface area contributed by atoms with Crippen LogP contribution in [-0.2, 0) is 10.0 Å². The maximum Gasteiger partial charge on any atom is 0.413 e. The molecule has 0 saturated heterocycles. The Morgan fingerprint density at radius 3 is 2.33 bits per heavy atom. The number of halogens is 2. The Hall–Kier alpha value is -4.91. The summed E-state index contributed by atoms with van der Waals surface area (Å²) < 4.78 is 57.1. The van der Waals surface area contributed by atoms with Crippen LogP contribution in [0.1, 0.15) is 27.7 Å². The molecule has 3 heterocycles. The zero-order valence-corrected chi connectivity index (χ0v) is 24.5. The summed E-state index contributed by atoms with van der Waals surface area (Å²) in [5.41, 5.74) is 2.68. The lowest BCUT2D eigenvalue weighted by molar-refractivity contribution is 0.195. The number of fused-ring (bicyclic) bond motifs is 1. The Balaban J connectivity index is 1.55. The van der Waals surface area contributed by atoms with Crippen molar-refractivity contribution in [2.45, 2.75) is 33.2 Å². The first-order valence-electron chi connectivity index (χ1n) is 13.2. The molecular weight excluding hydrogens is 578 g/mol. The first-order chi connectivity index (χ1) is 20.3. The summed E-state index contributed by atoms with van der Waals surface area (Å²) in [6.07, 6.45) is 3.57. The molecule has 5 rings (SSSR count). The van der Waals surface area contributed by atoms with E-state index in [0.717, 1.165) is 12.1 Å².